The van der Waals surface area contributed by atoms with Crippen molar-refractivity contribution in [2.24, 2.45) is 0 Å². The molecule has 9 aromatic heterocycles. The summed E-state index contributed by atoms with van der Waals surface area (Å²) in [6, 6.07) is 59.3. The number of hydrogen-bond donors (Lipinski definition) is 0. The zero-order valence-corrected chi connectivity index (χ0v) is 71.0. The molecular weight excluding hydrogens is 1950 g/mol. The van der Waals surface area contributed by atoms with Gasteiger partial charge in [-0.15, -0.1) is 84.4 Å². The number of imidazole rings is 4. The van der Waals surface area contributed by atoms with Gasteiger partial charge in [-0.3, -0.25) is 34.9 Å². The van der Waals surface area contributed by atoms with Crippen LogP contribution in [-0.4, -0.2) is 57.5 Å². The zero-order chi connectivity index (χ0) is 68.7. The van der Waals surface area contributed by atoms with Crippen LogP contribution in [0.5, 0.6) is 0 Å². The standard InChI is InChI=1S/C24H28N3.C22H24N3.C20H20N3.C18H16N3.4Ir/c1-14-11-19-20(12-15(14)2)27-21(25-19)17-10-9-16(23(3,4)5)13-18(17)26-22(27)24(6,7)8;1-21(2,3)18-12-11-14-16(23-18)13-19(22(4,5)6)25-17-10-8-7-9-15(17)24-20(14)25;1-12-10-16-17(11-13(12)2)23-18(21-16)14-8-6-7-9-15(14)22-19(23)20(3,4)5;1-18(2,3)17-20-13-9-5-4-8-12(13)16-19-14-10-6-7-11-15(14)21(16)17;;;;/h9,11-13H,1-8H3;7-10,12-13H,1-6H3;6-7,9-11H,1-5H3;4-7,9-11H,1-3H3;;;;/q4*-1;;;;. The average molecular weight is 2030 g/mol. The van der Waals surface area contributed by atoms with Crippen molar-refractivity contribution in [1.82, 2.24) is 57.5 Å². The molecule has 16 rings (SSSR count). The van der Waals surface area contributed by atoms with Crippen molar-refractivity contribution in [2.45, 2.75) is 185 Å². The topological polar surface area (TPSA) is 121 Å². The van der Waals surface area contributed by atoms with Crippen LogP contribution in [0.4, 0.5) is 0 Å². The fourth-order valence-electron chi connectivity index (χ4n) is 12.7. The van der Waals surface area contributed by atoms with Gasteiger partial charge >= 0.3 is 0 Å². The predicted molar refractivity (Wildman–Crippen MR) is 398 cm³/mol. The number of benzene rings is 7. The van der Waals surface area contributed by atoms with Crippen LogP contribution in [0.1, 0.15) is 181 Å². The Morgan fingerprint density at radius 1 is 0.280 bits per heavy atom. The van der Waals surface area contributed by atoms with Gasteiger partial charge in [-0.05, 0) is 137 Å². The Hall–Kier alpha value is -7.08. The number of fused-ring (bicyclic) bond motifs is 20. The summed E-state index contributed by atoms with van der Waals surface area (Å²) in [5, 5.41) is 3.92. The Balaban J connectivity index is 0.000000154. The van der Waals surface area contributed by atoms with Crippen molar-refractivity contribution in [3.05, 3.63) is 214 Å². The van der Waals surface area contributed by atoms with Crippen molar-refractivity contribution in [2.75, 3.05) is 0 Å². The summed E-state index contributed by atoms with van der Waals surface area (Å²) in [5.41, 5.74) is 24.6. The normalized spacial score (nSPS) is 12.4. The Bertz CT molecular complexity index is 5790. The van der Waals surface area contributed by atoms with Crippen molar-refractivity contribution < 1.29 is 80.4 Å². The molecule has 0 saturated heterocycles. The van der Waals surface area contributed by atoms with Crippen LogP contribution < -0.4 is 0 Å². The number of aryl methyl sites for hydroxylation is 4. The molecule has 0 spiro atoms. The molecule has 7 aromatic carbocycles. The molecule has 16 heteroatoms. The summed E-state index contributed by atoms with van der Waals surface area (Å²) in [5.74, 6) is 3.10. The van der Waals surface area contributed by atoms with Crippen molar-refractivity contribution in [3.63, 3.8) is 0 Å². The number of nitrogens with zero attached hydrogens (tertiary/aromatic N) is 12. The van der Waals surface area contributed by atoms with Crippen molar-refractivity contribution in [3.8, 4) is 0 Å². The molecule has 0 fully saturated rings. The fraction of sp³-hybridized carbons (Fsp3) is 0.333. The molecular formula is C84H88Ir4N12-4. The van der Waals surface area contributed by atoms with Gasteiger partial charge < -0.3 is 22.6 Å². The van der Waals surface area contributed by atoms with Gasteiger partial charge in [0.1, 0.15) is 17.5 Å². The minimum absolute atomic E-state index is 0. The quantitative estimate of drug-likeness (QED) is 0.138. The minimum atomic E-state index is -0.101. The predicted octanol–water partition coefficient (Wildman–Crippen LogP) is 20.4. The van der Waals surface area contributed by atoms with Crippen LogP contribution in [0.15, 0.2) is 133 Å². The van der Waals surface area contributed by atoms with E-state index in [-0.39, 0.29) is 113 Å². The van der Waals surface area contributed by atoms with Gasteiger partial charge in [-0.25, -0.2) is 0 Å². The average Bonchev–Trinajstić information content (AvgIpc) is 1.56. The summed E-state index contributed by atoms with van der Waals surface area (Å²) >= 11 is 0. The molecule has 12 nitrogen and oxygen atoms in total. The number of rotatable bonds is 0. The Labute approximate surface area is 641 Å². The number of hydrogen-bond acceptors (Lipinski definition) is 8. The number of para-hydroxylation sites is 4. The van der Waals surface area contributed by atoms with E-state index in [2.05, 4.69) is 261 Å². The van der Waals surface area contributed by atoms with Crippen molar-refractivity contribution in [1.29, 1.82) is 0 Å². The first-order chi connectivity index (χ1) is 45.0. The third-order valence-corrected chi connectivity index (χ3v) is 18.2. The molecule has 524 valence electrons. The van der Waals surface area contributed by atoms with Crippen LogP contribution in [0.2, 0.25) is 0 Å². The third kappa shape index (κ3) is 14.3. The maximum absolute atomic E-state index is 5.11. The van der Waals surface area contributed by atoms with E-state index >= 15 is 0 Å². The van der Waals surface area contributed by atoms with E-state index in [0.29, 0.717) is 0 Å². The van der Waals surface area contributed by atoms with Crippen molar-refractivity contribution >= 4 is 110 Å². The largest absolute Gasteiger partial charge is 0.348 e. The summed E-state index contributed by atoms with van der Waals surface area (Å²) in [4.78, 5) is 39.5. The van der Waals surface area contributed by atoms with Gasteiger partial charge in [0.2, 0.25) is 0 Å². The van der Waals surface area contributed by atoms with Crippen LogP contribution in [0.3, 0.4) is 0 Å². The molecule has 0 atom stereocenters. The molecule has 0 aliphatic rings. The zero-order valence-electron chi connectivity index (χ0n) is 61.4. The molecule has 100 heavy (non-hydrogen) atoms. The van der Waals surface area contributed by atoms with Gasteiger partial charge in [-0.2, -0.15) is 0 Å². The van der Waals surface area contributed by atoms with Crippen LogP contribution >= 0.6 is 0 Å². The van der Waals surface area contributed by atoms with Gasteiger partial charge in [-0.1, -0.05) is 177 Å². The summed E-state index contributed by atoms with van der Waals surface area (Å²) < 4.78 is 8.89. The Morgan fingerprint density at radius 2 is 0.630 bits per heavy atom. The van der Waals surface area contributed by atoms with Gasteiger partial charge in [0.15, 0.2) is 0 Å². The van der Waals surface area contributed by atoms with Crippen LogP contribution in [-0.2, 0) is 113 Å². The maximum atomic E-state index is 5.11. The van der Waals surface area contributed by atoms with E-state index in [4.69, 9.17) is 39.9 Å². The summed E-state index contributed by atoms with van der Waals surface area (Å²) in [7, 11) is 0. The maximum Gasteiger partial charge on any atom is 0.102 e. The Kier molecular flexibility index (Phi) is 21.5. The molecule has 4 radical (unpaired) electrons. The monoisotopic (exact) mass is 2040 g/mol. The molecule has 0 aliphatic heterocycles. The molecule has 0 saturated carbocycles. The first kappa shape index (κ1) is 77.1. The van der Waals surface area contributed by atoms with E-state index in [1.165, 1.54) is 33.5 Å². The molecule has 0 N–H and O–H groups in total. The molecule has 0 amide bonds. The second-order valence-electron chi connectivity index (χ2n) is 32.3. The second-order valence-corrected chi connectivity index (χ2v) is 32.3. The van der Waals surface area contributed by atoms with Gasteiger partial charge in [0, 0.05) is 108 Å². The van der Waals surface area contributed by atoms with E-state index in [1.807, 2.05) is 66.7 Å². The van der Waals surface area contributed by atoms with Crippen LogP contribution in [0.25, 0.3) is 110 Å². The summed E-state index contributed by atoms with van der Waals surface area (Å²) in [6.45, 7) is 48.3. The molecule has 0 bridgehead atoms. The van der Waals surface area contributed by atoms with Gasteiger partial charge in [0.25, 0.3) is 0 Å². The van der Waals surface area contributed by atoms with E-state index < -0.39 is 0 Å². The first-order valence-electron chi connectivity index (χ1n) is 33.5. The molecule has 0 aliphatic carbocycles. The minimum Gasteiger partial charge on any atom is -0.348 e. The van der Waals surface area contributed by atoms with Crippen LogP contribution in [0, 0.1) is 52.0 Å². The number of pyridine rings is 2. The second kappa shape index (κ2) is 27.9. The van der Waals surface area contributed by atoms with E-state index in [9.17, 15) is 0 Å². The van der Waals surface area contributed by atoms with Gasteiger partial charge in [0.05, 0.1) is 66.7 Å². The Morgan fingerprint density at radius 3 is 1.05 bits per heavy atom. The molecule has 9 heterocycles. The summed E-state index contributed by atoms with van der Waals surface area (Å²) in [6.07, 6.45) is 0. The number of aromatic nitrogens is 12. The fourth-order valence-corrected chi connectivity index (χ4v) is 12.7. The third-order valence-electron chi connectivity index (χ3n) is 18.2. The molecule has 16 aromatic rings. The van der Waals surface area contributed by atoms with E-state index in [1.54, 1.807) is 0 Å². The first-order valence-corrected chi connectivity index (χ1v) is 33.5. The van der Waals surface area contributed by atoms with E-state index in [0.717, 1.165) is 134 Å². The molecule has 0 unspecified atom stereocenters. The smallest absolute Gasteiger partial charge is 0.102 e. The SMILES string of the molecule is CC(C)(C)c1c[c-]c2c(cc(C(C)(C)C)n3c4ccccc4nc23)n1.CC(C)(C)c1nc2ccc[c-]c2c2nc3ccccc3n12.Cc1cc2nc3c4[c-]cc(C(C)(C)C)cc4nc(C(C)(C)C)n3c2cc1C.Cc1cc2nc3c4[c-]cccc4nc(C(C)(C)C)n3c2cc1C.[Ir].[Ir].[Ir].[Ir].